The van der Waals surface area contributed by atoms with Crippen LogP contribution >= 0.6 is 0 Å². The molecule has 1 fully saturated rings. The smallest absolute Gasteiger partial charge is 0.109 e. The summed E-state index contributed by atoms with van der Waals surface area (Å²) in [5, 5.41) is 2.51. The van der Waals surface area contributed by atoms with E-state index >= 15 is 0 Å². The van der Waals surface area contributed by atoms with Crippen molar-refractivity contribution in [3.63, 3.8) is 0 Å². The molecule has 1 aliphatic rings. The summed E-state index contributed by atoms with van der Waals surface area (Å²) in [6, 6.07) is 22.4. The predicted octanol–water partition coefficient (Wildman–Crippen LogP) is 4.77. The Bertz CT molecular complexity index is 667. The lowest BCUT2D eigenvalue weighted by molar-refractivity contribution is -0.693. The molecule has 2 aromatic carbocycles. The van der Waals surface area contributed by atoms with Crippen molar-refractivity contribution >= 4 is 0 Å². The van der Waals surface area contributed by atoms with Crippen LogP contribution in [0.5, 0.6) is 0 Å². The summed E-state index contributed by atoms with van der Waals surface area (Å²) < 4.78 is 5.99. The average Bonchev–Trinajstić information content (AvgIpc) is 2.68. The molecule has 2 N–H and O–H groups in total. The van der Waals surface area contributed by atoms with E-state index in [4.69, 9.17) is 4.74 Å². The molecule has 0 aliphatic carbocycles. The van der Waals surface area contributed by atoms with Gasteiger partial charge in [-0.05, 0) is 63.9 Å². The Morgan fingerprint density at radius 1 is 1.04 bits per heavy atom. The molecule has 2 heteroatoms. The Labute approximate surface area is 165 Å². The molecule has 2 aromatic rings. The summed E-state index contributed by atoms with van der Waals surface area (Å²) in [5.41, 5.74) is 2.92. The summed E-state index contributed by atoms with van der Waals surface area (Å²) in [5.74, 6) is 1.49. The molecular weight excluding hydrogens is 330 g/mol. The van der Waals surface area contributed by atoms with Gasteiger partial charge in [-0.15, -0.1) is 0 Å². The third-order valence-electron chi connectivity index (χ3n) is 6.13. The maximum atomic E-state index is 5.99. The largest absolute Gasteiger partial charge is 0.376 e. The summed E-state index contributed by atoms with van der Waals surface area (Å²) in [6.07, 6.45) is 4.84. The van der Waals surface area contributed by atoms with Crippen LogP contribution in [-0.2, 0) is 11.2 Å². The van der Waals surface area contributed by atoms with E-state index in [1.165, 1.54) is 43.4 Å². The van der Waals surface area contributed by atoms with Gasteiger partial charge in [0.05, 0.1) is 12.1 Å². The van der Waals surface area contributed by atoms with Gasteiger partial charge in [-0.2, -0.15) is 0 Å². The Morgan fingerprint density at radius 3 is 2.37 bits per heavy atom. The molecule has 3 atom stereocenters. The fourth-order valence-corrected chi connectivity index (χ4v) is 4.56. The van der Waals surface area contributed by atoms with Crippen molar-refractivity contribution in [2.24, 2.45) is 11.8 Å². The fraction of sp³-hybridized carbons (Fsp3) is 0.520. The van der Waals surface area contributed by atoms with Crippen molar-refractivity contribution in [3.8, 4) is 0 Å². The number of benzene rings is 2. The van der Waals surface area contributed by atoms with E-state index < -0.39 is 0 Å². The van der Waals surface area contributed by atoms with E-state index in [1.807, 2.05) is 0 Å². The molecule has 0 bridgehead atoms. The molecule has 0 radical (unpaired) electrons. The molecular formula is C25H36NO+. The van der Waals surface area contributed by atoms with E-state index in [1.54, 1.807) is 0 Å². The zero-order valence-corrected chi connectivity index (χ0v) is 17.2. The van der Waals surface area contributed by atoms with Crippen molar-refractivity contribution in [1.82, 2.24) is 0 Å². The second-order valence-corrected chi connectivity index (χ2v) is 8.82. The van der Waals surface area contributed by atoms with Gasteiger partial charge in [0.1, 0.15) is 6.04 Å². The second-order valence-electron chi connectivity index (χ2n) is 8.82. The lowest BCUT2D eigenvalue weighted by atomic mass is 9.75. The van der Waals surface area contributed by atoms with Crippen LogP contribution in [0.25, 0.3) is 0 Å². The van der Waals surface area contributed by atoms with Crippen molar-refractivity contribution in [2.45, 2.75) is 58.1 Å². The summed E-state index contributed by atoms with van der Waals surface area (Å²) in [6.45, 7) is 8.92. The molecule has 3 rings (SSSR count). The van der Waals surface area contributed by atoms with Gasteiger partial charge in [0.15, 0.2) is 0 Å². The molecule has 1 saturated heterocycles. The van der Waals surface area contributed by atoms with Crippen molar-refractivity contribution < 1.29 is 10.1 Å². The van der Waals surface area contributed by atoms with Gasteiger partial charge in [-0.1, -0.05) is 60.7 Å². The van der Waals surface area contributed by atoms with Crippen LogP contribution in [0.2, 0.25) is 0 Å². The highest BCUT2D eigenvalue weighted by molar-refractivity contribution is 5.16. The van der Waals surface area contributed by atoms with E-state index in [2.05, 4.69) is 86.8 Å². The Morgan fingerprint density at radius 2 is 1.70 bits per heavy atom. The van der Waals surface area contributed by atoms with Crippen LogP contribution in [0.15, 0.2) is 60.7 Å². The van der Waals surface area contributed by atoms with Crippen molar-refractivity contribution in [3.05, 3.63) is 71.8 Å². The predicted molar refractivity (Wildman–Crippen MR) is 113 cm³/mol. The molecule has 1 heterocycles. The van der Waals surface area contributed by atoms with Crippen LogP contribution < -0.4 is 5.32 Å². The minimum absolute atomic E-state index is 0.0267. The summed E-state index contributed by atoms with van der Waals surface area (Å²) in [4.78, 5) is 0. The third-order valence-corrected chi connectivity index (χ3v) is 6.13. The quantitative estimate of drug-likeness (QED) is 0.716. The number of hydrogen-bond donors (Lipinski definition) is 1. The highest BCUT2D eigenvalue weighted by Crippen LogP contribution is 2.36. The highest BCUT2D eigenvalue weighted by Gasteiger charge is 2.33. The first kappa shape index (κ1) is 20.1. The van der Waals surface area contributed by atoms with Crippen molar-refractivity contribution in [2.75, 3.05) is 13.2 Å². The lowest BCUT2D eigenvalue weighted by Crippen LogP contribution is -2.84. The first-order chi connectivity index (χ1) is 13.0. The third kappa shape index (κ3) is 6.19. The lowest BCUT2D eigenvalue weighted by Gasteiger charge is -2.39. The minimum Gasteiger partial charge on any atom is -0.376 e. The molecule has 2 nitrogen and oxygen atoms in total. The maximum Gasteiger partial charge on any atom is 0.109 e. The van der Waals surface area contributed by atoms with E-state index in [9.17, 15) is 0 Å². The maximum absolute atomic E-state index is 5.99. The monoisotopic (exact) mass is 366 g/mol. The first-order valence-corrected chi connectivity index (χ1v) is 10.6. The van der Waals surface area contributed by atoms with Gasteiger partial charge < -0.3 is 10.1 Å². The molecule has 146 valence electrons. The van der Waals surface area contributed by atoms with Gasteiger partial charge >= 0.3 is 0 Å². The van der Waals surface area contributed by atoms with Gasteiger partial charge in [0.25, 0.3) is 0 Å². The van der Waals surface area contributed by atoms with Gasteiger partial charge in [-0.3, -0.25) is 0 Å². The summed E-state index contributed by atoms with van der Waals surface area (Å²) >= 11 is 0. The van der Waals surface area contributed by atoms with E-state index in [0.29, 0.717) is 6.04 Å². The minimum atomic E-state index is 0.0267. The average molecular weight is 367 g/mol. The Kier molecular flexibility index (Phi) is 7.09. The number of ether oxygens (including phenoxy) is 1. The first-order valence-electron chi connectivity index (χ1n) is 10.6. The Hall–Kier alpha value is -1.64. The SMILES string of the molecule is C[C@@H]([NH2+]CC[C@H](Cc1ccccc1)[C@@H]1CCOC(C)(C)C1)c1ccccc1. The molecule has 0 amide bonds. The second kappa shape index (κ2) is 9.52. The van der Waals surface area contributed by atoms with E-state index in [0.717, 1.165) is 18.4 Å². The van der Waals surface area contributed by atoms with Crippen molar-refractivity contribution in [1.29, 1.82) is 0 Å². The fourth-order valence-electron chi connectivity index (χ4n) is 4.56. The molecule has 0 saturated carbocycles. The van der Waals surface area contributed by atoms with Crippen LogP contribution in [0.4, 0.5) is 0 Å². The zero-order valence-electron chi connectivity index (χ0n) is 17.2. The van der Waals surface area contributed by atoms with Crippen LogP contribution in [0, 0.1) is 11.8 Å². The van der Waals surface area contributed by atoms with Gasteiger partial charge in [-0.25, -0.2) is 0 Å². The topological polar surface area (TPSA) is 25.8 Å². The zero-order chi connectivity index (χ0) is 19.1. The van der Waals surface area contributed by atoms with Gasteiger partial charge in [0.2, 0.25) is 0 Å². The van der Waals surface area contributed by atoms with E-state index in [-0.39, 0.29) is 5.60 Å². The van der Waals surface area contributed by atoms with Gasteiger partial charge in [0, 0.05) is 12.2 Å². The molecule has 27 heavy (non-hydrogen) atoms. The number of rotatable bonds is 8. The summed E-state index contributed by atoms with van der Waals surface area (Å²) in [7, 11) is 0. The highest BCUT2D eigenvalue weighted by atomic mass is 16.5. The van der Waals surface area contributed by atoms with Crippen LogP contribution in [0.1, 0.15) is 57.2 Å². The normalized spacial score (nSPS) is 21.5. The van der Waals surface area contributed by atoms with Crippen LogP contribution in [-0.4, -0.2) is 18.8 Å². The molecule has 0 spiro atoms. The Balaban J connectivity index is 1.61. The number of nitrogens with two attached hydrogens (primary N) is 1. The standard InChI is InChI=1S/C25H35NO/c1-20(22-12-8-5-9-13-22)26-16-14-23(18-21-10-6-4-7-11-21)24-15-17-27-25(2,3)19-24/h4-13,20,23-24,26H,14-19H2,1-3H3/p+1/t20-,23-,24-/m1/s1. The molecule has 0 unspecified atom stereocenters. The van der Waals surface area contributed by atoms with Crippen LogP contribution in [0.3, 0.4) is 0 Å². The molecule has 0 aromatic heterocycles. The molecule has 1 aliphatic heterocycles. The number of quaternary nitrogens is 1. The number of hydrogen-bond acceptors (Lipinski definition) is 1.